The van der Waals surface area contributed by atoms with E-state index in [0.29, 0.717) is 12.7 Å². The third-order valence-corrected chi connectivity index (χ3v) is 0.727. The molecule has 1 N–H and O–H groups in total. The molecule has 1 aromatic rings. The summed E-state index contributed by atoms with van der Waals surface area (Å²) in [6.45, 7) is 0. The van der Waals surface area contributed by atoms with Crippen molar-refractivity contribution < 1.29 is 4.39 Å². The Morgan fingerprint density at radius 2 is 2.33 bits per heavy atom. The lowest BCUT2D eigenvalue weighted by atomic mass is 10.4. The van der Waals surface area contributed by atoms with Gasteiger partial charge in [-0.2, -0.15) is 5.26 Å². The van der Waals surface area contributed by atoms with Crippen LogP contribution in [0.1, 0.15) is 5.56 Å². The molecular formula is C6H7FN2. The first-order valence-electron chi connectivity index (χ1n) is 2.34. The van der Waals surface area contributed by atoms with Crippen LogP contribution < -0.4 is 0 Å². The van der Waals surface area contributed by atoms with E-state index in [4.69, 9.17) is 5.26 Å². The van der Waals surface area contributed by atoms with Crippen molar-refractivity contribution >= 4 is 0 Å². The van der Waals surface area contributed by atoms with Crippen LogP contribution in [0.4, 0.5) is 4.39 Å². The summed E-state index contributed by atoms with van der Waals surface area (Å²) < 4.78 is 9.50. The van der Waals surface area contributed by atoms with E-state index in [0.717, 1.165) is 0 Å². The third-order valence-electron chi connectivity index (χ3n) is 0.727. The maximum Gasteiger partial charge on any atom is 0.101 e. The molecule has 0 spiro atoms. The molecule has 2 nitrogen and oxygen atoms in total. The van der Waals surface area contributed by atoms with Crippen molar-refractivity contribution in [2.24, 2.45) is 0 Å². The van der Waals surface area contributed by atoms with Crippen molar-refractivity contribution in [2.45, 2.75) is 0 Å². The Bertz CT molecular complexity index is 173. The average Bonchev–Trinajstić information content (AvgIpc) is 2.43. The second kappa shape index (κ2) is 4.85. The summed E-state index contributed by atoms with van der Waals surface area (Å²) in [5.41, 5.74) is 0.681. The fourth-order valence-electron chi connectivity index (χ4n) is 0.393. The van der Waals surface area contributed by atoms with Crippen LogP contribution in [0.2, 0.25) is 0 Å². The highest BCUT2D eigenvalue weighted by Gasteiger charge is 1.81. The minimum Gasteiger partial charge on any atom is -0.366 e. The van der Waals surface area contributed by atoms with Gasteiger partial charge in [-0.1, -0.05) is 0 Å². The highest BCUT2D eigenvalue weighted by Crippen LogP contribution is 1.89. The molecule has 3 heteroatoms. The van der Waals surface area contributed by atoms with Gasteiger partial charge in [0.25, 0.3) is 0 Å². The number of alkyl halides is 1. The number of H-pyrrole nitrogens is 1. The van der Waals surface area contributed by atoms with Gasteiger partial charge >= 0.3 is 0 Å². The van der Waals surface area contributed by atoms with E-state index in [1.54, 1.807) is 18.5 Å². The van der Waals surface area contributed by atoms with Crippen molar-refractivity contribution in [1.82, 2.24) is 4.98 Å². The first kappa shape index (κ1) is 7.70. The van der Waals surface area contributed by atoms with Gasteiger partial charge in [0, 0.05) is 12.4 Å². The number of nitriles is 1. The van der Waals surface area contributed by atoms with Gasteiger partial charge < -0.3 is 4.98 Å². The molecule has 0 bridgehead atoms. The summed E-state index contributed by atoms with van der Waals surface area (Å²) >= 11 is 0. The quantitative estimate of drug-likeness (QED) is 0.561. The van der Waals surface area contributed by atoms with Crippen LogP contribution in [0.15, 0.2) is 18.5 Å². The van der Waals surface area contributed by atoms with E-state index in [1.165, 1.54) is 0 Å². The predicted molar refractivity (Wildman–Crippen MR) is 32.5 cm³/mol. The molecular weight excluding hydrogens is 119 g/mol. The lowest BCUT2D eigenvalue weighted by Gasteiger charge is -1.62. The van der Waals surface area contributed by atoms with Gasteiger partial charge in [0.1, 0.15) is 6.07 Å². The Kier molecular flexibility index (Phi) is 4.15. The van der Waals surface area contributed by atoms with E-state index in [2.05, 4.69) is 4.98 Å². The summed E-state index contributed by atoms with van der Waals surface area (Å²) in [5.74, 6) is 0. The third kappa shape index (κ3) is 2.50. The Morgan fingerprint density at radius 1 is 1.67 bits per heavy atom. The van der Waals surface area contributed by atoms with Gasteiger partial charge in [0.05, 0.1) is 12.7 Å². The lowest BCUT2D eigenvalue weighted by molar-refractivity contribution is 0.636. The minimum atomic E-state index is 0.500. The van der Waals surface area contributed by atoms with E-state index < -0.39 is 0 Å². The maximum atomic E-state index is 9.50. The van der Waals surface area contributed by atoms with Crippen molar-refractivity contribution in [3.05, 3.63) is 24.0 Å². The molecule has 0 aromatic carbocycles. The maximum absolute atomic E-state index is 9.50. The Balaban J connectivity index is 0.000000291. The van der Waals surface area contributed by atoms with Crippen LogP contribution >= 0.6 is 0 Å². The molecule has 0 amide bonds. The summed E-state index contributed by atoms with van der Waals surface area (Å²) in [6, 6.07) is 3.70. The topological polar surface area (TPSA) is 39.6 Å². The Labute approximate surface area is 52.9 Å². The van der Waals surface area contributed by atoms with Gasteiger partial charge in [-0.15, -0.1) is 0 Å². The number of hydrogen-bond donors (Lipinski definition) is 1. The molecule has 0 aliphatic carbocycles. The number of hydrogen-bond acceptors (Lipinski definition) is 1. The number of rotatable bonds is 0. The highest BCUT2D eigenvalue weighted by molar-refractivity contribution is 5.23. The number of aromatic nitrogens is 1. The van der Waals surface area contributed by atoms with Crippen LogP contribution in [0.3, 0.4) is 0 Å². The van der Waals surface area contributed by atoms with Gasteiger partial charge in [0.2, 0.25) is 0 Å². The average molecular weight is 126 g/mol. The molecule has 0 unspecified atom stereocenters. The first-order chi connectivity index (χ1) is 4.43. The largest absolute Gasteiger partial charge is 0.366 e. The molecule has 0 atom stereocenters. The number of halogens is 1. The van der Waals surface area contributed by atoms with Crippen molar-refractivity contribution in [3.63, 3.8) is 0 Å². The Hall–Kier alpha value is -1.30. The second-order valence-electron chi connectivity index (χ2n) is 1.21. The molecule has 1 heterocycles. The van der Waals surface area contributed by atoms with Crippen LogP contribution in [0.25, 0.3) is 0 Å². The molecule has 0 aliphatic heterocycles. The first-order valence-corrected chi connectivity index (χ1v) is 2.34. The van der Waals surface area contributed by atoms with Crippen molar-refractivity contribution in [3.8, 4) is 6.07 Å². The number of nitrogens with zero attached hydrogens (tertiary/aromatic N) is 1. The standard InChI is InChI=1S/C5H4N2.CH3F/c6-3-5-1-2-7-4-5;1-2/h1-2,4,7H;1H3. The molecule has 0 fully saturated rings. The van der Waals surface area contributed by atoms with E-state index in [1.807, 2.05) is 6.07 Å². The minimum absolute atomic E-state index is 0.500. The van der Waals surface area contributed by atoms with Crippen LogP contribution in [-0.4, -0.2) is 12.2 Å². The second-order valence-corrected chi connectivity index (χ2v) is 1.21. The van der Waals surface area contributed by atoms with E-state index in [9.17, 15) is 4.39 Å². The highest BCUT2D eigenvalue weighted by atomic mass is 19.1. The fraction of sp³-hybridized carbons (Fsp3) is 0.167. The molecule has 1 aromatic heterocycles. The van der Waals surface area contributed by atoms with E-state index >= 15 is 0 Å². The van der Waals surface area contributed by atoms with Crippen molar-refractivity contribution in [1.29, 1.82) is 5.26 Å². The van der Waals surface area contributed by atoms with Crippen LogP contribution in [0, 0.1) is 11.3 Å². The molecule has 48 valence electrons. The normalized spacial score (nSPS) is 6.78. The zero-order valence-corrected chi connectivity index (χ0v) is 5.06. The van der Waals surface area contributed by atoms with Gasteiger partial charge in [0.15, 0.2) is 0 Å². The van der Waals surface area contributed by atoms with Crippen LogP contribution in [0.5, 0.6) is 0 Å². The molecule has 0 saturated carbocycles. The smallest absolute Gasteiger partial charge is 0.101 e. The van der Waals surface area contributed by atoms with Gasteiger partial charge in [-0.05, 0) is 6.07 Å². The summed E-state index contributed by atoms with van der Waals surface area (Å²) in [7, 11) is 0.500. The molecule has 0 aliphatic rings. The number of nitrogens with one attached hydrogen (secondary N) is 1. The molecule has 0 saturated heterocycles. The van der Waals surface area contributed by atoms with Gasteiger partial charge in [-0.25, -0.2) is 0 Å². The van der Waals surface area contributed by atoms with E-state index in [-0.39, 0.29) is 0 Å². The monoisotopic (exact) mass is 126 g/mol. The SMILES string of the molecule is CF.N#Cc1cc[nH]c1. The van der Waals surface area contributed by atoms with Gasteiger partial charge in [-0.3, -0.25) is 4.39 Å². The van der Waals surface area contributed by atoms with Crippen LogP contribution in [-0.2, 0) is 0 Å². The zero-order valence-electron chi connectivity index (χ0n) is 5.06. The predicted octanol–water partition coefficient (Wildman–Crippen LogP) is 1.47. The summed E-state index contributed by atoms with van der Waals surface area (Å²) in [5, 5.41) is 8.16. The lowest BCUT2D eigenvalue weighted by Crippen LogP contribution is -1.56. The molecule has 1 rings (SSSR count). The zero-order chi connectivity index (χ0) is 7.11. The number of aromatic amines is 1. The molecule has 0 radical (unpaired) electrons. The molecule has 9 heavy (non-hydrogen) atoms. The summed E-state index contributed by atoms with van der Waals surface area (Å²) in [4.78, 5) is 2.76. The summed E-state index contributed by atoms with van der Waals surface area (Å²) in [6.07, 6.45) is 3.37. The fourth-order valence-corrected chi connectivity index (χ4v) is 0.393. The Morgan fingerprint density at radius 3 is 2.56 bits per heavy atom. The van der Waals surface area contributed by atoms with Crippen molar-refractivity contribution in [2.75, 3.05) is 7.18 Å².